The lowest BCUT2D eigenvalue weighted by molar-refractivity contribution is 0.530. The summed E-state index contributed by atoms with van der Waals surface area (Å²) >= 11 is 0. The van der Waals surface area contributed by atoms with E-state index < -0.39 is 0 Å². The molecule has 0 fully saturated rings. The highest BCUT2D eigenvalue weighted by Gasteiger charge is 2.19. The molecule has 0 radical (unpaired) electrons. The number of fused-ring (bicyclic) bond motifs is 1. The van der Waals surface area contributed by atoms with Gasteiger partial charge in [-0.25, -0.2) is 0 Å². The number of H-pyrrole nitrogens is 1. The van der Waals surface area contributed by atoms with Gasteiger partial charge in [-0.3, -0.25) is 5.10 Å². The van der Waals surface area contributed by atoms with E-state index in [-0.39, 0.29) is 0 Å². The molecule has 4 N–H and O–H groups in total. The van der Waals surface area contributed by atoms with Crippen LogP contribution in [-0.4, -0.2) is 16.7 Å². The molecule has 0 spiro atoms. The largest absolute Gasteiger partial charge is 0.382 e. The Balaban J connectivity index is 2.46. The summed E-state index contributed by atoms with van der Waals surface area (Å²) in [7, 11) is 0. The van der Waals surface area contributed by atoms with Crippen molar-refractivity contribution in [2.24, 2.45) is 0 Å². The zero-order valence-corrected chi connectivity index (χ0v) is 6.52. The molecule has 0 saturated heterocycles. The molecule has 1 aromatic rings. The first-order chi connectivity index (χ1) is 5.29. The molecule has 0 aromatic carbocycles. The van der Waals surface area contributed by atoms with E-state index in [4.69, 9.17) is 5.73 Å². The summed E-state index contributed by atoms with van der Waals surface area (Å²) in [5.41, 5.74) is 7.99. The van der Waals surface area contributed by atoms with Crippen molar-refractivity contribution in [1.82, 2.24) is 15.5 Å². The van der Waals surface area contributed by atoms with Crippen molar-refractivity contribution in [3.05, 3.63) is 11.3 Å². The van der Waals surface area contributed by atoms with E-state index in [9.17, 15) is 0 Å². The van der Waals surface area contributed by atoms with E-state index in [0.717, 1.165) is 18.7 Å². The molecule has 1 aliphatic heterocycles. The van der Waals surface area contributed by atoms with Gasteiger partial charge in [0.1, 0.15) is 5.82 Å². The van der Waals surface area contributed by atoms with E-state index in [0.29, 0.717) is 11.9 Å². The highest BCUT2D eigenvalue weighted by atomic mass is 15.2. The SMILES string of the molecule is CC1NCCc2c(N)n[nH]c21. The fourth-order valence-corrected chi connectivity index (χ4v) is 1.53. The molecule has 0 aliphatic carbocycles. The van der Waals surface area contributed by atoms with Gasteiger partial charge in [-0.1, -0.05) is 0 Å². The van der Waals surface area contributed by atoms with Gasteiger partial charge < -0.3 is 11.1 Å². The van der Waals surface area contributed by atoms with Crippen molar-refractivity contribution in [3.63, 3.8) is 0 Å². The van der Waals surface area contributed by atoms with Gasteiger partial charge in [0, 0.05) is 11.6 Å². The van der Waals surface area contributed by atoms with Crippen molar-refractivity contribution >= 4 is 5.82 Å². The molecule has 4 nitrogen and oxygen atoms in total. The van der Waals surface area contributed by atoms with Crippen LogP contribution in [0.5, 0.6) is 0 Å². The Morgan fingerprint density at radius 2 is 2.45 bits per heavy atom. The fourth-order valence-electron chi connectivity index (χ4n) is 1.53. The molecule has 1 aromatic heterocycles. The van der Waals surface area contributed by atoms with Crippen LogP contribution in [0.4, 0.5) is 5.82 Å². The first-order valence-corrected chi connectivity index (χ1v) is 3.85. The third-order valence-corrected chi connectivity index (χ3v) is 2.19. The second-order valence-corrected chi connectivity index (χ2v) is 2.93. The first-order valence-electron chi connectivity index (χ1n) is 3.85. The smallest absolute Gasteiger partial charge is 0.148 e. The zero-order valence-electron chi connectivity index (χ0n) is 6.52. The number of anilines is 1. The van der Waals surface area contributed by atoms with Crippen LogP contribution in [0.2, 0.25) is 0 Å². The Morgan fingerprint density at radius 1 is 1.64 bits per heavy atom. The summed E-state index contributed by atoms with van der Waals surface area (Å²) < 4.78 is 0. The highest BCUT2D eigenvalue weighted by molar-refractivity contribution is 5.44. The van der Waals surface area contributed by atoms with Gasteiger partial charge in [0.2, 0.25) is 0 Å². The summed E-state index contributed by atoms with van der Waals surface area (Å²) in [6.45, 7) is 3.10. The second kappa shape index (κ2) is 2.23. The van der Waals surface area contributed by atoms with Crippen LogP contribution < -0.4 is 11.1 Å². The predicted octanol–water partition coefficient (Wildman–Crippen LogP) is 0.199. The van der Waals surface area contributed by atoms with Crippen molar-refractivity contribution in [3.8, 4) is 0 Å². The third-order valence-electron chi connectivity index (χ3n) is 2.19. The van der Waals surface area contributed by atoms with Gasteiger partial charge in [-0.2, -0.15) is 5.10 Å². The first kappa shape index (κ1) is 6.67. The molecule has 2 heterocycles. The van der Waals surface area contributed by atoms with Gasteiger partial charge in [-0.15, -0.1) is 0 Å². The van der Waals surface area contributed by atoms with Crippen molar-refractivity contribution in [2.75, 3.05) is 12.3 Å². The number of rotatable bonds is 0. The lowest BCUT2D eigenvalue weighted by Crippen LogP contribution is -2.27. The van der Waals surface area contributed by atoms with Crippen molar-refractivity contribution in [2.45, 2.75) is 19.4 Å². The Kier molecular flexibility index (Phi) is 1.35. The van der Waals surface area contributed by atoms with Crippen LogP contribution in [0.3, 0.4) is 0 Å². The van der Waals surface area contributed by atoms with E-state index in [1.54, 1.807) is 0 Å². The van der Waals surface area contributed by atoms with E-state index >= 15 is 0 Å². The quantitative estimate of drug-likeness (QED) is 0.497. The summed E-state index contributed by atoms with van der Waals surface area (Å²) in [6, 6.07) is 0.364. The van der Waals surface area contributed by atoms with Gasteiger partial charge in [0.05, 0.1) is 5.69 Å². The lowest BCUT2D eigenvalue weighted by Gasteiger charge is -2.19. The van der Waals surface area contributed by atoms with Gasteiger partial charge in [0.15, 0.2) is 0 Å². The molecule has 4 heteroatoms. The molecule has 0 amide bonds. The molecular weight excluding hydrogens is 140 g/mol. The average molecular weight is 152 g/mol. The topological polar surface area (TPSA) is 66.7 Å². The second-order valence-electron chi connectivity index (χ2n) is 2.93. The number of nitrogens with two attached hydrogens (primary N) is 1. The van der Waals surface area contributed by atoms with Gasteiger partial charge in [0.25, 0.3) is 0 Å². The number of nitrogens with one attached hydrogen (secondary N) is 2. The van der Waals surface area contributed by atoms with Crippen LogP contribution in [0, 0.1) is 0 Å². The molecular formula is C7H12N4. The average Bonchev–Trinajstić information content (AvgIpc) is 2.35. The molecule has 11 heavy (non-hydrogen) atoms. The monoisotopic (exact) mass is 152 g/mol. The van der Waals surface area contributed by atoms with Crippen LogP contribution in [-0.2, 0) is 6.42 Å². The normalized spacial score (nSPS) is 23.2. The molecule has 1 unspecified atom stereocenters. The number of aromatic nitrogens is 2. The standard InChI is InChI=1S/C7H12N4/c1-4-6-5(2-3-9-4)7(8)11-10-6/h4,9H,2-3H2,1H3,(H3,8,10,11). The van der Waals surface area contributed by atoms with Crippen LogP contribution in [0.15, 0.2) is 0 Å². The number of hydrogen-bond acceptors (Lipinski definition) is 3. The van der Waals surface area contributed by atoms with Crippen molar-refractivity contribution in [1.29, 1.82) is 0 Å². The number of nitrogens with zero attached hydrogens (tertiary/aromatic N) is 1. The minimum atomic E-state index is 0.364. The fraction of sp³-hybridized carbons (Fsp3) is 0.571. The van der Waals surface area contributed by atoms with Crippen molar-refractivity contribution < 1.29 is 0 Å². The molecule has 1 atom stereocenters. The molecule has 1 aliphatic rings. The Morgan fingerprint density at radius 3 is 3.18 bits per heavy atom. The molecule has 0 bridgehead atoms. The lowest BCUT2D eigenvalue weighted by atomic mass is 10.0. The zero-order chi connectivity index (χ0) is 7.84. The summed E-state index contributed by atoms with van der Waals surface area (Å²) in [6.07, 6.45) is 0.988. The Labute approximate surface area is 65.2 Å². The minimum absolute atomic E-state index is 0.364. The van der Waals surface area contributed by atoms with Gasteiger partial charge >= 0.3 is 0 Å². The maximum absolute atomic E-state index is 5.65. The summed E-state index contributed by atoms with van der Waals surface area (Å²) in [5.74, 6) is 0.661. The molecule has 0 saturated carbocycles. The number of hydrogen-bond donors (Lipinski definition) is 3. The molecule has 2 rings (SSSR count). The predicted molar refractivity (Wildman–Crippen MR) is 43.1 cm³/mol. The minimum Gasteiger partial charge on any atom is -0.382 e. The van der Waals surface area contributed by atoms with Crippen LogP contribution in [0.1, 0.15) is 24.2 Å². The van der Waals surface area contributed by atoms with Crippen LogP contribution in [0.25, 0.3) is 0 Å². The van der Waals surface area contributed by atoms with E-state index in [1.807, 2.05) is 0 Å². The number of nitrogen functional groups attached to an aromatic ring is 1. The Bertz CT molecular complexity index is 265. The summed E-state index contributed by atoms with van der Waals surface area (Å²) in [4.78, 5) is 0. The number of aromatic amines is 1. The third kappa shape index (κ3) is 0.903. The van der Waals surface area contributed by atoms with Crippen LogP contribution >= 0.6 is 0 Å². The Hall–Kier alpha value is -1.03. The van der Waals surface area contributed by atoms with E-state index in [1.165, 1.54) is 5.56 Å². The maximum atomic E-state index is 5.65. The summed E-state index contributed by atoms with van der Waals surface area (Å²) in [5, 5.41) is 10.2. The molecule has 60 valence electrons. The van der Waals surface area contributed by atoms with E-state index in [2.05, 4.69) is 22.4 Å². The van der Waals surface area contributed by atoms with Gasteiger partial charge in [-0.05, 0) is 19.9 Å². The highest BCUT2D eigenvalue weighted by Crippen LogP contribution is 2.23. The maximum Gasteiger partial charge on any atom is 0.148 e.